The molecule has 0 radical (unpaired) electrons. The van der Waals surface area contributed by atoms with Crippen molar-refractivity contribution in [3.05, 3.63) is 39.1 Å². The van der Waals surface area contributed by atoms with Gasteiger partial charge in [0.05, 0.1) is 12.1 Å². The van der Waals surface area contributed by atoms with Crippen molar-refractivity contribution in [3.63, 3.8) is 0 Å². The number of amides is 1. The zero-order chi connectivity index (χ0) is 17.3. The Balaban J connectivity index is 1.68. The van der Waals surface area contributed by atoms with Gasteiger partial charge in [-0.05, 0) is 29.7 Å². The molecule has 1 aliphatic rings. The predicted octanol–water partition coefficient (Wildman–Crippen LogP) is 1.95. The highest BCUT2D eigenvalue weighted by molar-refractivity contribution is 6.35. The summed E-state index contributed by atoms with van der Waals surface area (Å²) in [6.45, 7) is 0. The summed E-state index contributed by atoms with van der Waals surface area (Å²) in [5, 5.41) is 25.0. The van der Waals surface area contributed by atoms with Gasteiger partial charge in [-0.1, -0.05) is 28.4 Å². The molecular weight excluding hydrogens is 353 g/mol. The van der Waals surface area contributed by atoms with Gasteiger partial charge in [-0.3, -0.25) is 4.79 Å². The molecule has 1 amide bonds. The van der Waals surface area contributed by atoms with Crippen molar-refractivity contribution < 1.29 is 9.90 Å². The van der Waals surface area contributed by atoms with Crippen LogP contribution in [0.1, 0.15) is 35.8 Å². The van der Waals surface area contributed by atoms with Crippen LogP contribution < -0.4 is 0 Å². The summed E-state index contributed by atoms with van der Waals surface area (Å²) in [5.74, 6) is 0.516. The fourth-order valence-corrected chi connectivity index (χ4v) is 3.70. The molecule has 7 nitrogen and oxygen atoms in total. The van der Waals surface area contributed by atoms with Crippen LogP contribution in [0.15, 0.2) is 12.1 Å². The lowest BCUT2D eigenvalue weighted by atomic mass is 10.1. The number of aromatic amines is 1. The number of rotatable bonds is 5. The molecule has 0 fully saturated rings. The molecule has 1 aromatic carbocycles. The fourth-order valence-electron chi connectivity index (χ4n) is 3.12. The number of aromatic nitrogens is 4. The van der Waals surface area contributed by atoms with Crippen LogP contribution in [0.3, 0.4) is 0 Å². The summed E-state index contributed by atoms with van der Waals surface area (Å²) in [6, 6.07) is 2.99. The van der Waals surface area contributed by atoms with E-state index < -0.39 is 12.1 Å². The number of tetrazole rings is 1. The number of aliphatic hydroxyl groups is 1. The average Bonchev–Trinajstić information content (AvgIpc) is 3.14. The monoisotopic (exact) mass is 369 g/mol. The quantitative estimate of drug-likeness (QED) is 0.839. The number of nitrogens with zero attached hydrogens (tertiary/aromatic N) is 4. The van der Waals surface area contributed by atoms with Gasteiger partial charge in [0.2, 0.25) is 5.91 Å². The Bertz CT molecular complexity index is 738. The molecule has 2 unspecified atom stereocenters. The molecule has 0 bridgehead atoms. The zero-order valence-electron chi connectivity index (χ0n) is 13.0. The Kier molecular flexibility index (Phi) is 5.03. The van der Waals surface area contributed by atoms with Crippen LogP contribution in [-0.2, 0) is 17.6 Å². The first-order valence-corrected chi connectivity index (χ1v) is 8.37. The number of aliphatic hydroxyl groups excluding tert-OH is 1. The Morgan fingerprint density at radius 1 is 1.46 bits per heavy atom. The van der Waals surface area contributed by atoms with E-state index in [1.54, 1.807) is 24.1 Å². The van der Waals surface area contributed by atoms with Crippen molar-refractivity contribution in [2.45, 2.75) is 37.8 Å². The van der Waals surface area contributed by atoms with E-state index in [9.17, 15) is 9.90 Å². The van der Waals surface area contributed by atoms with Crippen LogP contribution in [0.2, 0.25) is 10.0 Å². The summed E-state index contributed by atoms with van der Waals surface area (Å²) in [7, 11) is 1.69. The molecule has 3 rings (SSSR count). The van der Waals surface area contributed by atoms with Crippen molar-refractivity contribution in [3.8, 4) is 0 Å². The minimum absolute atomic E-state index is 0.0634. The van der Waals surface area contributed by atoms with E-state index >= 15 is 0 Å². The minimum atomic E-state index is -0.692. The third kappa shape index (κ3) is 3.38. The number of carbonyl (C=O) groups is 1. The molecule has 0 saturated carbocycles. The van der Waals surface area contributed by atoms with Crippen LogP contribution in [0.5, 0.6) is 0 Å². The first-order valence-electron chi connectivity index (χ1n) is 7.61. The maximum atomic E-state index is 12.5. The second-order valence-electron chi connectivity index (χ2n) is 5.86. The van der Waals surface area contributed by atoms with Gasteiger partial charge >= 0.3 is 0 Å². The third-order valence-corrected chi connectivity index (χ3v) is 4.84. The molecule has 128 valence electrons. The first kappa shape index (κ1) is 17.1. The van der Waals surface area contributed by atoms with E-state index in [1.165, 1.54) is 0 Å². The molecule has 0 spiro atoms. The third-order valence-electron chi connectivity index (χ3n) is 4.28. The zero-order valence-corrected chi connectivity index (χ0v) is 14.5. The van der Waals surface area contributed by atoms with E-state index in [4.69, 9.17) is 23.2 Å². The normalized spacial score (nSPS) is 19.3. The summed E-state index contributed by atoms with van der Waals surface area (Å²) in [4.78, 5) is 14.0. The van der Waals surface area contributed by atoms with Crippen molar-refractivity contribution in [2.75, 3.05) is 7.05 Å². The molecule has 2 aromatic rings. The molecule has 24 heavy (non-hydrogen) atoms. The predicted molar refractivity (Wildman–Crippen MR) is 88.8 cm³/mol. The second kappa shape index (κ2) is 7.04. The number of halogens is 2. The highest BCUT2D eigenvalue weighted by atomic mass is 35.5. The molecule has 0 saturated heterocycles. The van der Waals surface area contributed by atoms with Crippen LogP contribution in [0, 0.1) is 0 Å². The molecule has 1 heterocycles. The first-order chi connectivity index (χ1) is 11.5. The summed E-state index contributed by atoms with van der Waals surface area (Å²) in [6.07, 6.45) is 1.22. The van der Waals surface area contributed by atoms with Gasteiger partial charge in [-0.25, -0.2) is 0 Å². The molecule has 0 aliphatic heterocycles. The standard InChI is InChI=1S/C15H17Cl2N5O2/c1-22(14(24)4-2-3-13-18-20-21-19-13)15-10-5-8(16)6-11(17)9(10)7-12(15)23/h5-6,12,15,23H,2-4,7H2,1H3,(H,18,19,20,21). The topological polar surface area (TPSA) is 95.0 Å². The number of hydrogen-bond acceptors (Lipinski definition) is 5. The molecule has 9 heteroatoms. The van der Waals surface area contributed by atoms with E-state index in [1.807, 2.05) is 0 Å². The Hall–Kier alpha value is -1.70. The summed E-state index contributed by atoms with van der Waals surface area (Å²) >= 11 is 12.3. The van der Waals surface area contributed by atoms with Gasteiger partial charge in [-0.2, -0.15) is 5.21 Å². The van der Waals surface area contributed by atoms with Crippen LogP contribution in [0.4, 0.5) is 0 Å². The van der Waals surface area contributed by atoms with Crippen LogP contribution in [0.25, 0.3) is 0 Å². The number of likely N-dealkylation sites (N-methyl/N-ethyl adjacent to an activating group) is 1. The lowest BCUT2D eigenvalue weighted by molar-refractivity contribution is -0.134. The molecule has 1 aromatic heterocycles. The van der Waals surface area contributed by atoms with Gasteiger partial charge in [0, 0.05) is 36.4 Å². The maximum Gasteiger partial charge on any atom is 0.222 e. The highest BCUT2D eigenvalue weighted by Gasteiger charge is 2.37. The largest absolute Gasteiger partial charge is 0.390 e. The number of benzene rings is 1. The minimum Gasteiger partial charge on any atom is -0.390 e. The highest BCUT2D eigenvalue weighted by Crippen LogP contribution is 2.41. The number of H-pyrrole nitrogens is 1. The van der Waals surface area contributed by atoms with Gasteiger partial charge in [0.25, 0.3) is 0 Å². The Morgan fingerprint density at radius 2 is 2.25 bits per heavy atom. The lowest BCUT2D eigenvalue weighted by Crippen LogP contribution is -2.35. The van der Waals surface area contributed by atoms with E-state index in [0.717, 1.165) is 11.1 Å². The fraction of sp³-hybridized carbons (Fsp3) is 0.467. The van der Waals surface area contributed by atoms with E-state index in [0.29, 0.717) is 41.6 Å². The van der Waals surface area contributed by atoms with Crippen molar-refractivity contribution in [1.29, 1.82) is 0 Å². The lowest BCUT2D eigenvalue weighted by Gasteiger charge is -2.28. The molecule has 2 atom stereocenters. The van der Waals surface area contributed by atoms with Crippen molar-refractivity contribution >= 4 is 29.1 Å². The number of hydrogen-bond donors (Lipinski definition) is 2. The average molecular weight is 370 g/mol. The summed E-state index contributed by atoms with van der Waals surface area (Å²) in [5.41, 5.74) is 1.67. The number of fused-ring (bicyclic) bond motifs is 1. The van der Waals surface area contributed by atoms with Crippen molar-refractivity contribution in [1.82, 2.24) is 25.5 Å². The summed E-state index contributed by atoms with van der Waals surface area (Å²) < 4.78 is 0. The molecule has 2 N–H and O–H groups in total. The van der Waals surface area contributed by atoms with Gasteiger partial charge in [-0.15, -0.1) is 10.2 Å². The number of aryl methyl sites for hydroxylation is 1. The smallest absolute Gasteiger partial charge is 0.222 e. The second-order valence-corrected chi connectivity index (χ2v) is 6.70. The molecular formula is C15H17Cl2N5O2. The molecule has 1 aliphatic carbocycles. The van der Waals surface area contributed by atoms with Gasteiger partial charge in [0.1, 0.15) is 0 Å². The van der Waals surface area contributed by atoms with E-state index in [2.05, 4.69) is 20.6 Å². The van der Waals surface area contributed by atoms with Crippen molar-refractivity contribution in [2.24, 2.45) is 0 Å². The number of nitrogens with one attached hydrogen (secondary N) is 1. The number of carbonyl (C=O) groups excluding carboxylic acids is 1. The van der Waals surface area contributed by atoms with Crippen LogP contribution >= 0.6 is 23.2 Å². The Morgan fingerprint density at radius 3 is 2.96 bits per heavy atom. The maximum absolute atomic E-state index is 12.5. The van der Waals surface area contributed by atoms with Crippen LogP contribution in [-0.4, -0.2) is 49.7 Å². The SMILES string of the molecule is CN(C(=O)CCCc1nn[nH]n1)C1c2cc(Cl)cc(Cl)c2CC1O. The van der Waals surface area contributed by atoms with E-state index in [-0.39, 0.29) is 5.91 Å². The van der Waals surface area contributed by atoms with Gasteiger partial charge in [0.15, 0.2) is 5.82 Å². The Labute approximate surface area is 148 Å². The van der Waals surface area contributed by atoms with Gasteiger partial charge < -0.3 is 10.0 Å².